The summed E-state index contributed by atoms with van der Waals surface area (Å²) in [6, 6.07) is 8.20. The van der Waals surface area contributed by atoms with Crippen molar-refractivity contribution in [2.24, 2.45) is 0 Å². The maximum atomic E-state index is 5.94. The van der Waals surface area contributed by atoms with E-state index in [0.717, 1.165) is 31.0 Å². The molecule has 1 aromatic carbocycles. The van der Waals surface area contributed by atoms with Crippen LogP contribution in [-0.4, -0.2) is 22.8 Å². The van der Waals surface area contributed by atoms with Gasteiger partial charge in [0.15, 0.2) is 0 Å². The summed E-state index contributed by atoms with van der Waals surface area (Å²) in [5.74, 6) is 1.22. The zero-order valence-electron chi connectivity index (χ0n) is 10.6. The summed E-state index contributed by atoms with van der Waals surface area (Å²) in [5, 5.41) is 12.3. The van der Waals surface area contributed by atoms with Crippen LogP contribution in [0.5, 0.6) is 0 Å². The fraction of sp³-hybridized carbons (Fsp3) is 0.429. The molecule has 0 radical (unpaired) electrons. The summed E-state index contributed by atoms with van der Waals surface area (Å²) in [7, 11) is 0. The van der Waals surface area contributed by atoms with Gasteiger partial charge in [-0.05, 0) is 44.0 Å². The lowest BCUT2D eigenvalue weighted by Gasteiger charge is -1.99. The Morgan fingerprint density at radius 2 is 2.21 bits per heavy atom. The molecule has 19 heavy (non-hydrogen) atoms. The van der Waals surface area contributed by atoms with Crippen LogP contribution in [0.3, 0.4) is 0 Å². The highest BCUT2D eigenvalue weighted by molar-refractivity contribution is 6.30. The van der Waals surface area contributed by atoms with Crippen LogP contribution < -0.4 is 5.32 Å². The average molecular weight is 278 g/mol. The summed E-state index contributed by atoms with van der Waals surface area (Å²) < 4.78 is 5.64. The van der Waals surface area contributed by atoms with Crippen molar-refractivity contribution in [3.63, 3.8) is 0 Å². The molecule has 3 rings (SSSR count). The number of hydrogen-bond acceptors (Lipinski definition) is 4. The second kappa shape index (κ2) is 5.72. The van der Waals surface area contributed by atoms with Crippen molar-refractivity contribution in [2.45, 2.75) is 31.7 Å². The molecule has 1 N–H and O–H groups in total. The van der Waals surface area contributed by atoms with Crippen molar-refractivity contribution < 1.29 is 4.42 Å². The SMILES string of the molecule is Clc1cccc(-c2nnc(CCCNC3CC3)o2)c1. The van der Waals surface area contributed by atoms with Crippen molar-refractivity contribution in [3.8, 4) is 11.5 Å². The molecule has 100 valence electrons. The molecule has 4 nitrogen and oxygen atoms in total. The molecule has 2 aromatic rings. The minimum atomic E-state index is 0.535. The summed E-state index contributed by atoms with van der Waals surface area (Å²) in [6.45, 7) is 1.01. The molecule has 1 heterocycles. The number of aromatic nitrogens is 2. The molecule has 5 heteroatoms. The van der Waals surface area contributed by atoms with Gasteiger partial charge >= 0.3 is 0 Å². The first kappa shape index (κ1) is 12.6. The second-order valence-corrected chi connectivity index (χ2v) is 5.28. The maximum absolute atomic E-state index is 5.94. The van der Waals surface area contributed by atoms with E-state index in [-0.39, 0.29) is 0 Å². The first-order chi connectivity index (χ1) is 9.31. The first-order valence-corrected chi connectivity index (χ1v) is 7.01. The number of hydrogen-bond donors (Lipinski definition) is 1. The lowest BCUT2D eigenvalue weighted by atomic mass is 10.2. The normalized spacial score (nSPS) is 14.8. The van der Waals surface area contributed by atoms with Crippen LogP contribution >= 0.6 is 11.6 Å². The van der Waals surface area contributed by atoms with E-state index in [1.807, 2.05) is 24.3 Å². The van der Waals surface area contributed by atoms with Crippen molar-refractivity contribution >= 4 is 11.6 Å². The zero-order chi connectivity index (χ0) is 13.1. The van der Waals surface area contributed by atoms with E-state index in [4.69, 9.17) is 16.0 Å². The van der Waals surface area contributed by atoms with Crippen molar-refractivity contribution in [3.05, 3.63) is 35.2 Å². The monoisotopic (exact) mass is 277 g/mol. The molecular formula is C14H16ClN3O. The van der Waals surface area contributed by atoms with Gasteiger partial charge < -0.3 is 9.73 Å². The largest absolute Gasteiger partial charge is 0.421 e. The summed E-state index contributed by atoms with van der Waals surface area (Å²) in [6.07, 6.45) is 4.47. The van der Waals surface area contributed by atoms with Crippen molar-refractivity contribution in [1.29, 1.82) is 0 Å². The number of benzene rings is 1. The molecule has 1 fully saturated rings. The fourth-order valence-corrected chi connectivity index (χ4v) is 2.12. The predicted octanol–water partition coefficient (Wildman–Crippen LogP) is 3.07. The smallest absolute Gasteiger partial charge is 0.247 e. The van der Waals surface area contributed by atoms with Crippen LogP contribution in [0.1, 0.15) is 25.2 Å². The van der Waals surface area contributed by atoms with Crippen LogP contribution in [0.2, 0.25) is 5.02 Å². The topological polar surface area (TPSA) is 51.0 Å². The maximum Gasteiger partial charge on any atom is 0.247 e. The number of nitrogens with one attached hydrogen (secondary N) is 1. The van der Waals surface area contributed by atoms with Gasteiger partial charge in [0.25, 0.3) is 0 Å². The van der Waals surface area contributed by atoms with Crippen LogP contribution in [0.15, 0.2) is 28.7 Å². The quantitative estimate of drug-likeness (QED) is 0.825. The predicted molar refractivity (Wildman–Crippen MR) is 74.1 cm³/mol. The molecular weight excluding hydrogens is 262 g/mol. The molecule has 0 amide bonds. The summed E-state index contributed by atoms with van der Waals surface area (Å²) >= 11 is 5.94. The number of rotatable bonds is 6. The van der Waals surface area contributed by atoms with Gasteiger partial charge in [0.05, 0.1) is 0 Å². The van der Waals surface area contributed by atoms with Crippen molar-refractivity contribution in [1.82, 2.24) is 15.5 Å². The molecule has 0 unspecified atom stereocenters. The highest BCUT2D eigenvalue weighted by Crippen LogP contribution is 2.22. The Balaban J connectivity index is 1.56. The first-order valence-electron chi connectivity index (χ1n) is 6.63. The molecule has 0 saturated heterocycles. The number of aryl methyl sites for hydroxylation is 1. The van der Waals surface area contributed by atoms with Gasteiger partial charge in [-0.25, -0.2) is 0 Å². The molecule has 0 spiro atoms. The van der Waals surface area contributed by atoms with E-state index < -0.39 is 0 Å². The Kier molecular flexibility index (Phi) is 3.80. The van der Waals surface area contributed by atoms with Gasteiger partial charge in [-0.15, -0.1) is 10.2 Å². The Morgan fingerprint density at radius 3 is 3.00 bits per heavy atom. The Morgan fingerprint density at radius 1 is 1.32 bits per heavy atom. The Hall–Kier alpha value is -1.39. The van der Waals surface area contributed by atoms with E-state index in [2.05, 4.69) is 15.5 Å². The van der Waals surface area contributed by atoms with Crippen molar-refractivity contribution in [2.75, 3.05) is 6.54 Å². The third kappa shape index (κ3) is 3.55. The molecule has 1 aromatic heterocycles. The lowest BCUT2D eigenvalue weighted by Crippen LogP contribution is -2.17. The molecule has 1 aliphatic carbocycles. The third-order valence-corrected chi connectivity index (χ3v) is 3.35. The minimum Gasteiger partial charge on any atom is -0.421 e. The van der Waals surface area contributed by atoms with E-state index >= 15 is 0 Å². The van der Waals surface area contributed by atoms with E-state index in [1.165, 1.54) is 12.8 Å². The van der Waals surface area contributed by atoms with E-state index in [1.54, 1.807) is 0 Å². The van der Waals surface area contributed by atoms with Crippen LogP contribution in [0.25, 0.3) is 11.5 Å². The molecule has 0 atom stereocenters. The average Bonchev–Trinajstić information content (AvgIpc) is 3.11. The molecule has 0 aliphatic heterocycles. The zero-order valence-corrected chi connectivity index (χ0v) is 11.4. The van der Waals surface area contributed by atoms with Crippen LogP contribution in [-0.2, 0) is 6.42 Å². The standard InChI is InChI=1S/C14H16ClN3O/c15-11-4-1-3-10(9-11)14-18-17-13(19-14)5-2-8-16-12-6-7-12/h1,3-4,9,12,16H,2,5-8H2. The van der Waals surface area contributed by atoms with Gasteiger partial charge in [-0.1, -0.05) is 17.7 Å². The summed E-state index contributed by atoms with van der Waals surface area (Å²) in [5.41, 5.74) is 0.863. The van der Waals surface area contributed by atoms with Gasteiger partial charge in [0, 0.05) is 23.0 Å². The fourth-order valence-electron chi connectivity index (χ4n) is 1.93. The molecule has 0 bridgehead atoms. The Bertz CT molecular complexity index is 551. The van der Waals surface area contributed by atoms with E-state index in [0.29, 0.717) is 16.8 Å². The third-order valence-electron chi connectivity index (χ3n) is 3.12. The number of nitrogens with zero attached hydrogens (tertiary/aromatic N) is 2. The molecule has 1 saturated carbocycles. The number of halogens is 1. The Labute approximate surface area is 117 Å². The lowest BCUT2D eigenvalue weighted by molar-refractivity contribution is 0.491. The van der Waals surface area contributed by atoms with Crippen LogP contribution in [0, 0.1) is 0 Å². The highest BCUT2D eigenvalue weighted by Gasteiger charge is 2.19. The minimum absolute atomic E-state index is 0.535. The van der Waals surface area contributed by atoms with Crippen LogP contribution in [0.4, 0.5) is 0 Å². The highest BCUT2D eigenvalue weighted by atomic mass is 35.5. The summed E-state index contributed by atoms with van der Waals surface area (Å²) in [4.78, 5) is 0. The molecule has 1 aliphatic rings. The van der Waals surface area contributed by atoms with Gasteiger partial charge in [0.1, 0.15) is 0 Å². The second-order valence-electron chi connectivity index (χ2n) is 4.84. The van der Waals surface area contributed by atoms with Gasteiger partial charge in [0.2, 0.25) is 11.8 Å². The van der Waals surface area contributed by atoms with Gasteiger partial charge in [-0.2, -0.15) is 0 Å². The van der Waals surface area contributed by atoms with Gasteiger partial charge in [-0.3, -0.25) is 0 Å². The van der Waals surface area contributed by atoms with E-state index in [9.17, 15) is 0 Å².